The Bertz CT molecular complexity index is 915. The van der Waals surface area contributed by atoms with Crippen molar-refractivity contribution in [2.45, 2.75) is 12.6 Å². The zero-order valence-electron chi connectivity index (χ0n) is 12.0. The number of hydrogen-bond donors (Lipinski definition) is 2. The molecule has 0 atom stereocenters. The summed E-state index contributed by atoms with van der Waals surface area (Å²) in [6.45, 7) is 0. The Hall–Kier alpha value is -3.17. The first kappa shape index (κ1) is 15.7. The highest BCUT2D eigenvalue weighted by Gasteiger charge is 2.30. The first-order chi connectivity index (χ1) is 11.3. The van der Waals surface area contributed by atoms with E-state index in [0.29, 0.717) is 11.3 Å². The summed E-state index contributed by atoms with van der Waals surface area (Å²) in [5.41, 5.74) is 6.00. The van der Waals surface area contributed by atoms with Gasteiger partial charge < -0.3 is 5.73 Å². The molecule has 0 aliphatic rings. The number of anilines is 1. The summed E-state index contributed by atoms with van der Waals surface area (Å²) in [5.74, 6) is -0.624. The van der Waals surface area contributed by atoms with Gasteiger partial charge in [-0.25, -0.2) is 9.78 Å². The van der Waals surface area contributed by atoms with Gasteiger partial charge in [0.25, 0.3) is 0 Å². The fourth-order valence-electron chi connectivity index (χ4n) is 2.08. The summed E-state index contributed by atoms with van der Waals surface area (Å²) in [7, 11) is 0. The van der Waals surface area contributed by atoms with E-state index >= 15 is 0 Å². The maximum absolute atomic E-state index is 12.6. The zero-order chi connectivity index (χ0) is 17.3. The highest BCUT2D eigenvalue weighted by molar-refractivity contribution is 5.55. The molecule has 3 N–H and O–H groups in total. The largest absolute Gasteiger partial charge is 0.439 e. The van der Waals surface area contributed by atoms with E-state index in [1.807, 2.05) is 0 Å². The Morgan fingerprint density at radius 2 is 1.92 bits per heavy atom. The summed E-state index contributed by atoms with van der Waals surface area (Å²) in [6, 6.07) is 4.65. The third kappa shape index (κ3) is 3.26. The number of hydrogen-bond acceptors (Lipinski definition) is 6. The number of nitrogen functional groups attached to an aromatic ring is 1. The van der Waals surface area contributed by atoms with Crippen molar-refractivity contribution in [2.75, 3.05) is 5.73 Å². The quantitative estimate of drug-likeness (QED) is 0.756. The van der Waals surface area contributed by atoms with Crippen LogP contribution in [0, 0.1) is 0 Å². The van der Waals surface area contributed by atoms with Gasteiger partial charge in [0.2, 0.25) is 5.82 Å². The first-order valence-electron chi connectivity index (χ1n) is 6.67. The number of aromatic nitrogens is 4. The number of nitrogens with one attached hydrogen (secondary N) is 1. The molecule has 0 spiro atoms. The molecule has 24 heavy (non-hydrogen) atoms. The van der Waals surface area contributed by atoms with Gasteiger partial charge in [-0.1, -0.05) is 17.3 Å². The predicted octanol–water partition coefficient (Wildman–Crippen LogP) is 2.01. The van der Waals surface area contributed by atoms with Gasteiger partial charge in [0.15, 0.2) is 0 Å². The Morgan fingerprint density at radius 3 is 2.50 bits per heavy atom. The summed E-state index contributed by atoms with van der Waals surface area (Å²) >= 11 is 0. The molecule has 0 aliphatic carbocycles. The van der Waals surface area contributed by atoms with Gasteiger partial charge >= 0.3 is 11.9 Å². The van der Waals surface area contributed by atoms with Gasteiger partial charge in [0.1, 0.15) is 11.5 Å². The lowest BCUT2D eigenvalue weighted by atomic mass is 10.1. The molecule has 7 nitrogen and oxygen atoms in total. The summed E-state index contributed by atoms with van der Waals surface area (Å²) in [5, 5.41) is 3.53. The molecule has 0 amide bonds. The lowest BCUT2D eigenvalue weighted by Gasteiger charge is -2.09. The van der Waals surface area contributed by atoms with Crippen LogP contribution in [0.2, 0.25) is 0 Å². The molecular formula is C14H10F3N5O2. The minimum absolute atomic E-state index is 0.0433. The predicted molar refractivity (Wildman–Crippen MR) is 76.8 cm³/mol. The molecule has 3 rings (SSSR count). The Morgan fingerprint density at radius 1 is 1.21 bits per heavy atom. The highest BCUT2D eigenvalue weighted by atomic mass is 19.4. The summed E-state index contributed by atoms with van der Waals surface area (Å²) in [4.78, 5) is 21.6. The molecule has 0 aliphatic heterocycles. The average Bonchev–Trinajstić information content (AvgIpc) is 2.95. The van der Waals surface area contributed by atoms with Crippen LogP contribution in [0.25, 0.3) is 11.5 Å². The molecule has 1 aromatic carbocycles. The van der Waals surface area contributed by atoms with Gasteiger partial charge in [0, 0.05) is 6.42 Å². The van der Waals surface area contributed by atoms with Crippen LogP contribution in [-0.4, -0.2) is 20.1 Å². The smallest absolute Gasteiger partial charge is 0.382 e. The van der Waals surface area contributed by atoms with Gasteiger partial charge in [-0.2, -0.15) is 13.2 Å². The van der Waals surface area contributed by atoms with Crippen molar-refractivity contribution >= 4 is 5.82 Å². The molecule has 0 saturated heterocycles. The van der Waals surface area contributed by atoms with Gasteiger partial charge in [0.05, 0.1) is 17.5 Å². The third-order valence-electron chi connectivity index (χ3n) is 3.18. The standard InChI is InChI=1S/C14H10F3N5O2/c15-14(16,17)8-3-1-7(2-4-8)5-9-11(20-10(18)6-19-9)12-21-13(23)24-22-12/h1-4,6H,5H2,(H2,18,20)(H,21,22,23). The number of rotatable bonds is 3. The van der Waals surface area contributed by atoms with E-state index in [1.165, 1.54) is 18.3 Å². The van der Waals surface area contributed by atoms with Crippen molar-refractivity contribution in [1.82, 2.24) is 20.1 Å². The van der Waals surface area contributed by atoms with Gasteiger partial charge in [-0.3, -0.25) is 14.5 Å². The SMILES string of the molecule is Nc1cnc(Cc2ccc(C(F)(F)F)cc2)c(-c2noc(=O)[nH]2)n1. The molecule has 0 unspecified atom stereocenters. The monoisotopic (exact) mass is 337 g/mol. The van der Waals surface area contributed by atoms with Crippen molar-refractivity contribution in [3.63, 3.8) is 0 Å². The number of H-pyrrole nitrogens is 1. The number of alkyl halides is 3. The van der Waals surface area contributed by atoms with Crippen molar-refractivity contribution in [2.24, 2.45) is 0 Å². The van der Waals surface area contributed by atoms with Crippen LogP contribution < -0.4 is 11.5 Å². The number of aromatic amines is 1. The van der Waals surface area contributed by atoms with E-state index in [2.05, 4.69) is 24.6 Å². The second kappa shape index (κ2) is 5.80. The first-order valence-corrected chi connectivity index (χ1v) is 6.67. The van der Waals surface area contributed by atoms with Crippen LogP contribution in [0.4, 0.5) is 19.0 Å². The van der Waals surface area contributed by atoms with Crippen molar-refractivity contribution in [3.05, 3.63) is 57.8 Å². The van der Waals surface area contributed by atoms with E-state index in [4.69, 9.17) is 5.73 Å². The van der Waals surface area contributed by atoms with E-state index in [-0.39, 0.29) is 23.8 Å². The molecular weight excluding hydrogens is 327 g/mol. The number of nitrogens with zero attached hydrogens (tertiary/aromatic N) is 3. The Balaban J connectivity index is 1.94. The fraction of sp³-hybridized carbons (Fsp3) is 0.143. The zero-order valence-corrected chi connectivity index (χ0v) is 12.0. The minimum atomic E-state index is -4.40. The van der Waals surface area contributed by atoms with Crippen LogP contribution >= 0.6 is 0 Å². The lowest BCUT2D eigenvalue weighted by Crippen LogP contribution is -2.06. The van der Waals surface area contributed by atoms with Crippen LogP contribution in [0.3, 0.4) is 0 Å². The third-order valence-corrected chi connectivity index (χ3v) is 3.18. The Kier molecular flexibility index (Phi) is 3.80. The summed E-state index contributed by atoms with van der Waals surface area (Å²) < 4.78 is 42.2. The van der Waals surface area contributed by atoms with Gasteiger partial charge in [-0.15, -0.1) is 0 Å². The maximum atomic E-state index is 12.6. The molecule has 2 aromatic heterocycles. The topological polar surface area (TPSA) is 111 Å². The lowest BCUT2D eigenvalue weighted by molar-refractivity contribution is -0.137. The normalized spacial score (nSPS) is 11.6. The summed E-state index contributed by atoms with van der Waals surface area (Å²) in [6.07, 6.45) is -2.92. The fourth-order valence-corrected chi connectivity index (χ4v) is 2.08. The second-order valence-electron chi connectivity index (χ2n) is 4.91. The average molecular weight is 337 g/mol. The van der Waals surface area contributed by atoms with E-state index in [9.17, 15) is 18.0 Å². The van der Waals surface area contributed by atoms with E-state index in [1.54, 1.807) is 0 Å². The van der Waals surface area contributed by atoms with Crippen LogP contribution in [0.5, 0.6) is 0 Å². The molecule has 0 radical (unpaired) electrons. The minimum Gasteiger partial charge on any atom is -0.382 e. The number of halogens is 3. The molecule has 124 valence electrons. The molecule has 10 heteroatoms. The van der Waals surface area contributed by atoms with Crippen molar-refractivity contribution in [3.8, 4) is 11.5 Å². The number of benzene rings is 1. The van der Waals surface area contributed by atoms with Crippen molar-refractivity contribution < 1.29 is 17.7 Å². The van der Waals surface area contributed by atoms with Crippen LogP contribution in [-0.2, 0) is 12.6 Å². The maximum Gasteiger partial charge on any atom is 0.439 e. The van der Waals surface area contributed by atoms with Crippen molar-refractivity contribution in [1.29, 1.82) is 0 Å². The molecule has 2 heterocycles. The van der Waals surface area contributed by atoms with Crippen LogP contribution in [0.15, 0.2) is 39.8 Å². The number of nitrogens with two attached hydrogens (primary N) is 1. The van der Waals surface area contributed by atoms with E-state index < -0.39 is 17.5 Å². The van der Waals surface area contributed by atoms with Crippen LogP contribution in [0.1, 0.15) is 16.8 Å². The second-order valence-corrected chi connectivity index (χ2v) is 4.91. The highest BCUT2D eigenvalue weighted by Crippen LogP contribution is 2.29. The van der Waals surface area contributed by atoms with Gasteiger partial charge in [-0.05, 0) is 17.7 Å². The molecule has 0 fully saturated rings. The Labute approximate surface area is 132 Å². The molecule has 0 bridgehead atoms. The van der Waals surface area contributed by atoms with E-state index in [0.717, 1.165) is 12.1 Å². The molecule has 3 aromatic rings. The molecule has 0 saturated carbocycles.